The van der Waals surface area contributed by atoms with Crippen molar-refractivity contribution in [1.82, 2.24) is 0 Å². The lowest BCUT2D eigenvalue weighted by atomic mass is 10.1. The second kappa shape index (κ2) is 7.04. The Kier molecular flexibility index (Phi) is 5.12. The number of carbonyl (C=O) groups excluding carboxylic acids is 2. The SMILES string of the molecule is CC(=O)Nc1cc(NC(=O)Cc2ccccc2F)ccc1Cl. The molecule has 2 rings (SSSR count). The van der Waals surface area contributed by atoms with Crippen molar-refractivity contribution in [1.29, 1.82) is 0 Å². The van der Waals surface area contributed by atoms with E-state index in [1.54, 1.807) is 36.4 Å². The van der Waals surface area contributed by atoms with Crippen LogP contribution in [0.5, 0.6) is 0 Å². The van der Waals surface area contributed by atoms with E-state index in [2.05, 4.69) is 10.6 Å². The van der Waals surface area contributed by atoms with E-state index >= 15 is 0 Å². The molecule has 0 atom stereocenters. The minimum atomic E-state index is -0.423. The lowest BCUT2D eigenvalue weighted by molar-refractivity contribution is -0.116. The van der Waals surface area contributed by atoms with E-state index in [4.69, 9.17) is 11.6 Å². The van der Waals surface area contributed by atoms with Crippen molar-refractivity contribution in [3.63, 3.8) is 0 Å². The molecule has 0 aromatic heterocycles. The molecule has 0 radical (unpaired) electrons. The number of anilines is 2. The second-order valence-corrected chi connectivity index (χ2v) is 5.10. The highest BCUT2D eigenvalue weighted by atomic mass is 35.5. The summed E-state index contributed by atoms with van der Waals surface area (Å²) in [4.78, 5) is 23.0. The van der Waals surface area contributed by atoms with Crippen molar-refractivity contribution in [3.8, 4) is 0 Å². The number of carbonyl (C=O) groups is 2. The molecule has 22 heavy (non-hydrogen) atoms. The zero-order valence-corrected chi connectivity index (χ0v) is 12.6. The Labute approximate surface area is 132 Å². The van der Waals surface area contributed by atoms with Crippen LogP contribution in [0.2, 0.25) is 5.02 Å². The topological polar surface area (TPSA) is 58.2 Å². The van der Waals surface area contributed by atoms with Crippen LogP contribution in [0.25, 0.3) is 0 Å². The summed E-state index contributed by atoms with van der Waals surface area (Å²) in [5.74, 6) is -1.05. The minimum absolute atomic E-state index is 0.0786. The number of nitrogens with one attached hydrogen (secondary N) is 2. The highest BCUT2D eigenvalue weighted by Gasteiger charge is 2.09. The fourth-order valence-electron chi connectivity index (χ4n) is 1.91. The van der Waals surface area contributed by atoms with Gasteiger partial charge in [-0.25, -0.2) is 4.39 Å². The zero-order chi connectivity index (χ0) is 16.1. The first-order valence-electron chi connectivity index (χ1n) is 6.56. The Morgan fingerprint density at radius 2 is 1.86 bits per heavy atom. The minimum Gasteiger partial charge on any atom is -0.326 e. The van der Waals surface area contributed by atoms with E-state index in [1.165, 1.54) is 13.0 Å². The molecule has 0 unspecified atom stereocenters. The summed E-state index contributed by atoms with van der Waals surface area (Å²) >= 11 is 5.95. The Morgan fingerprint density at radius 1 is 1.14 bits per heavy atom. The van der Waals surface area contributed by atoms with Crippen LogP contribution in [0.4, 0.5) is 15.8 Å². The summed E-state index contributed by atoms with van der Waals surface area (Å²) in [5.41, 5.74) is 1.18. The molecule has 0 fully saturated rings. The Bertz CT molecular complexity index is 719. The molecule has 2 amide bonds. The first-order valence-corrected chi connectivity index (χ1v) is 6.94. The number of amides is 2. The molecular weight excluding hydrogens is 307 g/mol. The van der Waals surface area contributed by atoms with Gasteiger partial charge in [0.25, 0.3) is 0 Å². The molecule has 2 aromatic carbocycles. The predicted molar refractivity (Wildman–Crippen MR) is 84.5 cm³/mol. The summed E-state index contributed by atoms with van der Waals surface area (Å²) in [6.07, 6.45) is -0.0786. The van der Waals surface area contributed by atoms with Gasteiger partial charge in [0.15, 0.2) is 0 Å². The van der Waals surface area contributed by atoms with Crippen LogP contribution in [0.1, 0.15) is 12.5 Å². The molecule has 4 nitrogen and oxygen atoms in total. The van der Waals surface area contributed by atoms with Gasteiger partial charge in [-0.3, -0.25) is 9.59 Å². The third kappa shape index (κ3) is 4.30. The smallest absolute Gasteiger partial charge is 0.228 e. The van der Waals surface area contributed by atoms with Gasteiger partial charge in [0.1, 0.15) is 5.82 Å². The molecular formula is C16H14ClFN2O2. The molecule has 0 heterocycles. The second-order valence-electron chi connectivity index (χ2n) is 4.69. The standard InChI is InChI=1S/C16H14ClFN2O2/c1-10(21)19-15-9-12(6-7-13(15)17)20-16(22)8-11-4-2-3-5-14(11)18/h2-7,9H,8H2,1H3,(H,19,21)(H,20,22). The fraction of sp³-hybridized carbons (Fsp3) is 0.125. The lowest BCUT2D eigenvalue weighted by Crippen LogP contribution is -2.15. The fourth-order valence-corrected chi connectivity index (χ4v) is 2.07. The average Bonchev–Trinajstić information content (AvgIpc) is 2.44. The largest absolute Gasteiger partial charge is 0.326 e. The van der Waals surface area contributed by atoms with Crippen LogP contribution in [-0.2, 0) is 16.0 Å². The number of halogens is 2. The molecule has 0 saturated heterocycles. The average molecular weight is 321 g/mol. The van der Waals surface area contributed by atoms with Gasteiger partial charge in [0, 0.05) is 12.6 Å². The summed E-state index contributed by atoms with van der Waals surface area (Å²) < 4.78 is 13.5. The molecule has 6 heteroatoms. The summed E-state index contributed by atoms with van der Waals surface area (Å²) in [6, 6.07) is 10.8. The van der Waals surface area contributed by atoms with Crippen LogP contribution in [0.3, 0.4) is 0 Å². The Balaban J connectivity index is 2.08. The van der Waals surface area contributed by atoms with Gasteiger partial charge in [0.2, 0.25) is 11.8 Å². The summed E-state index contributed by atoms with van der Waals surface area (Å²) in [7, 11) is 0. The number of hydrogen-bond acceptors (Lipinski definition) is 2. The van der Waals surface area contributed by atoms with E-state index in [1.807, 2.05) is 0 Å². The maximum atomic E-state index is 13.5. The van der Waals surface area contributed by atoms with Gasteiger partial charge in [-0.15, -0.1) is 0 Å². The molecule has 114 valence electrons. The molecule has 2 N–H and O–H groups in total. The molecule has 2 aromatic rings. The maximum absolute atomic E-state index is 13.5. The number of benzene rings is 2. The molecule has 0 saturated carbocycles. The first-order chi connectivity index (χ1) is 10.5. The summed E-state index contributed by atoms with van der Waals surface area (Å²) in [6.45, 7) is 1.36. The third-order valence-electron chi connectivity index (χ3n) is 2.87. The van der Waals surface area contributed by atoms with E-state index in [-0.39, 0.29) is 18.2 Å². The molecule has 0 spiro atoms. The van der Waals surface area contributed by atoms with Gasteiger partial charge < -0.3 is 10.6 Å². The first kappa shape index (κ1) is 16.0. The highest BCUT2D eigenvalue weighted by Crippen LogP contribution is 2.25. The van der Waals surface area contributed by atoms with Gasteiger partial charge in [-0.05, 0) is 29.8 Å². The quantitative estimate of drug-likeness (QED) is 0.904. The van der Waals surface area contributed by atoms with Gasteiger partial charge in [0.05, 0.1) is 17.1 Å². The normalized spacial score (nSPS) is 10.1. The van der Waals surface area contributed by atoms with Crippen LogP contribution < -0.4 is 10.6 Å². The van der Waals surface area contributed by atoms with Crippen LogP contribution in [-0.4, -0.2) is 11.8 Å². The van der Waals surface area contributed by atoms with E-state index < -0.39 is 5.82 Å². The van der Waals surface area contributed by atoms with Crippen molar-refractivity contribution in [2.75, 3.05) is 10.6 Å². The molecule has 0 aliphatic heterocycles. The molecule has 0 aliphatic rings. The van der Waals surface area contributed by atoms with Crippen molar-refractivity contribution in [3.05, 3.63) is 58.9 Å². The number of hydrogen-bond donors (Lipinski definition) is 2. The Morgan fingerprint density at radius 3 is 2.55 bits per heavy atom. The molecule has 0 bridgehead atoms. The predicted octanol–water partition coefficient (Wildman–Crippen LogP) is 3.62. The maximum Gasteiger partial charge on any atom is 0.228 e. The summed E-state index contributed by atoms with van der Waals surface area (Å²) in [5, 5.41) is 5.57. The van der Waals surface area contributed by atoms with Crippen molar-refractivity contribution >= 4 is 34.8 Å². The van der Waals surface area contributed by atoms with Crippen molar-refractivity contribution < 1.29 is 14.0 Å². The third-order valence-corrected chi connectivity index (χ3v) is 3.20. The monoisotopic (exact) mass is 320 g/mol. The van der Waals surface area contributed by atoms with Gasteiger partial charge in [-0.2, -0.15) is 0 Å². The molecule has 0 aliphatic carbocycles. The Hall–Kier alpha value is -2.40. The van der Waals surface area contributed by atoms with Crippen LogP contribution in [0, 0.1) is 5.82 Å². The van der Waals surface area contributed by atoms with Crippen molar-refractivity contribution in [2.24, 2.45) is 0 Å². The number of rotatable bonds is 4. The highest BCUT2D eigenvalue weighted by molar-refractivity contribution is 6.33. The van der Waals surface area contributed by atoms with Crippen LogP contribution >= 0.6 is 11.6 Å². The van der Waals surface area contributed by atoms with E-state index in [0.29, 0.717) is 22.0 Å². The van der Waals surface area contributed by atoms with Gasteiger partial charge >= 0.3 is 0 Å². The zero-order valence-electron chi connectivity index (χ0n) is 11.8. The lowest BCUT2D eigenvalue weighted by Gasteiger charge is -2.10. The van der Waals surface area contributed by atoms with Gasteiger partial charge in [-0.1, -0.05) is 29.8 Å². The van der Waals surface area contributed by atoms with E-state index in [9.17, 15) is 14.0 Å². The van der Waals surface area contributed by atoms with Crippen molar-refractivity contribution in [2.45, 2.75) is 13.3 Å². The van der Waals surface area contributed by atoms with E-state index in [0.717, 1.165) is 0 Å². The van der Waals surface area contributed by atoms with Crippen LogP contribution in [0.15, 0.2) is 42.5 Å².